The molecule has 1 heterocycles. The van der Waals surface area contributed by atoms with Crippen molar-refractivity contribution in [1.82, 2.24) is 4.90 Å². The van der Waals surface area contributed by atoms with Crippen molar-refractivity contribution in [3.8, 4) is 0 Å². The fraction of sp³-hybridized carbons (Fsp3) is 0.533. The van der Waals surface area contributed by atoms with Gasteiger partial charge in [0, 0.05) is 13.1 Å². The number of nitrogens with zero attached hydrogens (tertiary/aromatic N) is 1. The summed E-state index contributed by atoms with van der Waals surface area (Å²) in [5.41, 5.74) is -1.89. The SMILES string of the molecule is CC1CCCN(C(=O)c2cccc(C(F)(F)F)c2F)CC1. The van der Waals surface area contributed by atoms with E-state index in [-0.39, 0.29) is 0 Å². The first-order valence-corrected chi connectivity index (χ1v) is 6.95. The van der Waals surface area contributed by atoms with Crippen molar-refractivity contribution < 1.29 is 22.4 Å². The molecule has 2 rings (SSSR count). The van der Waals surface area contributed by atoms with Crippen LogP contribution in [0.1, 0.15) is 42.1 Å². The Morgan fingerprint density at radius 2 is 1.95 bits per heavy atom. The van der Waals surface area contributed by atoms with Crippen molar-refractivity contribution in [2.75, 3.05) is 13.1 Å². The maximum Gasteiger partial charge on any atom is 0.419 e. The van der Waals surface area contributed by atoms with Gasteiger partial charge in [-0.25, -0.2) is 4.39 Å². The molecule has 21 heavy (non-hydrogen) atoms. The maximum atomic E-state index is 14.0. The molecular formula is C15H17F4NO. The molecule has 1 aliphatic rings. The van der Waals surface area contributed by atoms with Gasteiger partial charge in [0.25, 0.3) is 5.91 Å². The molecule has 0 bridgehead atoms. The van der Waals surface area contributed by atoms with E-state index in [0.717, 1.165) is 31.4 Å². The van der Waals surface area contributed by atoms with Crippen LogP contribution in [0.25, 0.3) is 0 Å². The van der Waals surface area contributed by atoms with Gasteiger partial charge in [0.15, 0.2) is 0 Å². The van der Waals surface area contributed by atoms with Crippen molar-refractivity contribution >= 4 is 5.91 Å². The van der Waals surface area contributed by atoms with Gasteiger partial charge in [-0.2, -0.15) is 13.2 Å². The van der Waals surface area contributed by atoms with Gasteiger partial charge in [0.05, 0.1) is 11.1 Å². The number of amides is 1. The number of hydrogen-bond donors (Lipinski definition) is 0. The number of alkyl halides is 3. The summed E-state index contributed by atoms with van der Waals surface area (Å²) in [6.07, 6.45) is -2.26. The molecule has 0 aliphatic carbocycles. The molecule has 0 N–H and O–H groups in total. The molecule has 1 aromatic carbocycles. The highest BCUT2D eigenvalue weighted by molar-refractivity contribution is 5.94. The average Bonchev–Trinajstić information content (AvgIpc) is 2.62. The minimum atomic E-state index is -4.80. The van der Waals surface area contributed by atoms with Gasteiger partial charge in [-0.1, -0.05) is 13.0 Å². The normalized spacial score (nSPS) is 20.2. The summed E-state index contributed by atoms with van der Waals surface area (Å²) < 4.78 is 52.0. The second-order valence-corrected chi connectivity index (χ2v) is 5.49. The minimum absolute atomic E-state index is 0.454. The van der Waals surface area contributed by atoms with Crippen LogP contribution in [-0.4, -0.2) is 23.9 Å². The number of hydrogen-bond acceptors (Lipinski definition) is 1. The smallest absolute Gasteiger partial charge is 0.339 e. The summed E-state index contributed by atoms with van der Waals surface area (Å²) in [6.45, 7) is 2.98. The Morgan fingerprint density at radius 1 is 1.24 bits per heavy atom. The first-order chi connectivity index (χ1) is 9.80. The molecule has 1 amide bonds. The molecule has 0 aromatic heterocycles. The predicted octanol–water partition coefficient (Wildman–Crippen LogP) is 4.11. The topological polar surface area (TPSA) is 20.3 Å². The second-order valence-electron chi connectivity index (χ2n) is 5.49. The lowest BCUT2D eigenvalue weighted by Crippen LogP contribution is -2.33. The Labute approximate surface area is 120 Å². The third-order valence-electron chi connectivity index (χ3n) is 3.84. The number of carbonyl (C=O) groups is 1. The molecule has 1 aromatic rings. The molecular weight excluding hydrogens is 286 g/mol. The van der Waals surface area contributed by atoms with Crippen LogP contribution in [0.5, 0.6) is 0 Å². The van der Waals surface area contributed by atoms with Gasteiger partial charge in [0.2, 0.25) is 0 Å². The van der Waals surface area contributed by atoms with E-state index in [4.69, 9.17) is 0 Å². The quantitative estimate of drug-likeness (QED) is 0.715. The van der Waals surface area contributed by atoms with Crippen molar-refractivity contribution in [2.24, 2.45) is 5.92 Å². The van der Waals surface area contributed by atoms with Crippen LogP contribution >= 0.6 is 0 Å². The molecule has 0 radical (unpaired) electrons. The zero-order chi connectivity index (χ0) is 15.6. The van der Waals surface area contributed by atoms with Gasteiger partial charge < -0.3 is 4.90 Å². The number of likely N-dealkylation sites (tertiary alicyclic amines) is 1. The Morgan fingerprint density at radius 3 is 2.62 bits per heavy atom. The van der Waals surface area contributed by atoms with E-state index in [2.05, 4.69) is 6.92 Å². The summed E-state index contributed by atoms with van der Waals surface area (Å²) in [5.74, 6) is -1.67. The zero-order valence-corrected chi connectivity index (χ0v) is 11.7. The fourth-order valence-electron chi connectivity index (χ4n) is 2.55. The summed E-state index contributed by atoms with van der Waals surface area (Å²) >= 11 is 0. The number of halogens is 4. The Kier molecular flexibility index (Phi) is 4.54. The van der Waals surface area contributed by atoms with Crippen molar-refractivity contribution in [1.29, 1.82) is 0 Å². The number of carbonyl (C=O) groups excluding carboxylic acids is 1. The molecule has 1 atom stereocenters. The summed E-state index contributed by atoms with van der Waals surface area (Å²) in [6, 6.07) is 2.83. The highest BCUT2D eigenvalue weighted by atomic mass is 19.4. The molecule has 1 aliphatic heterocycles. The van der Waals surface area contributed by atoms with Crippen LogP contribution in [0.3, 0.4) is 0 Å². The lowest BCUT2D eigenvalue weighted by molar-refractivity contribution is -0.140. The van der Waals surface area contributed by atoms with E-state index in [1.807, 2.05) is 0 Å². The van der Waals surface area contributed by atoms with Crippen LogP contribution in [-0.2, 0) is 6.18 Å². The van der Waals surface area contributed by atoms with Gasteiger partial charge in [-0.3, -0.25) is 4.79 Å². The fourth-order valence-corrected chi connectivity index (χ4v) is 2.55. The van der Waals surface area contributed by atoms with E-state index in [1.54, 1.807) is 0 Å². The van der Waals surface area contributed by atoms with Gasteiger partial charge >= 0.3 is 6.18 Å². The molecule has 1 fully saturated rings. The average molecular weight is 303 g/mol. The Balaban J connectivity index is 2.27. The van der Waals surface area contributed by atoms with E-state index in [1.165, 1.54) is 4.90 Å². The van der Waals surface area contributed by atoms with Crippen molar-refractivity contribution in [3.05, 3.63) is 35.1 Å². The van der Waals surface area contributed by atoms with Gasteiger partial charge in [-0.15, -0.1) is 0 Å². The standard InChI is InChI=1S/C15H17F4NO/c1-10-4-3-8-20(9-7-10)14(21)11-5-2-6-12(13(11)16)15(17,18)19/h2,5-6,10H,3-4,7-9H2,1H3. The van der Waals surface area contributed by atoms with Crippen LogP contribution in [0, 0.1) is 11.7 Å². The highest BCUT2D eigenvalue weighted by Crippen LogP contribution is 2.32. The first-order valence-electron chi connectivity index (χ1n) is 6.95. The molecule has 0 spiro atoms. The summed E-state index contributed by atoms with van der Waals surface area (Å²) in [5, 5.41) is 0. The third kappa shape index (κ3) is 3.54. The van der Waals surface area contributed by atoms with Gasteiger partial charge in [0.1, 0.15) is 5.82 Å². The maximum absolute atomic E-state index is 14.0. The molecule has 116 valence electrons. The van der Waals surface area contributed by atoms with Crippen LogP contribution in [0.4, 0.5) is 17.6 Å². The molecule has 0 saturated carbocycles. The lowest BCUT2D eigenvalue weighted by Gasteiger charge is -2.21. The van der Waals surface area contributed by atoms with Crippen molar-refractivity contribution in [2.45, 2.75) is 32.4 Å². The molecule has 1 saturated heterocycles. The van der Waals surface area contributed by atoms with E-state index >= 15 is 0 Å². The Hall–Kier alpha value is -1.59. The summed E-state index contributed by atoms with van der Waals surface area (Å²) in [7, 11) is 0. The first kappa shape index (κ1) is 15.8. The number of benzene rings is 1. The van der Waals surface area contributed by atoms with Crippen LogP contribution in [0.2, 0.25) is 0 Å². The monoisotopic (exact) mass is 303 g/mol. The second kappa shape index (κ2) is 6.03. The van der Waals surface area contributed by atoms with Gasteiger partial charge in [-0.05, 0) is 37.3 Å². The van der Waals surface area contributed by atoms with E-state index in [9.17, 15) is 22.4 Å². The Bertz CT molecular complexity index is 527. The third-order valence-corrected chi connectivity index (χ3v) is 3.84. The molecule has 2 nitrogen and oxygen atoms in total. The predicted molar refractivity (Wildman–Crippen MR) is 70.3 cm³/mol. The van der Waals surface area contributed by atoms with E-state index < -0.39 is 29.0 Å². The lowest BCUT2D eigenvalue weighted by atomic mass is 10.0. The minimum Gasteiger partial charge on any atom is -0.339 e. The largest absolute Gasteiger partial charge is 0.419 e. The van der Waals surface area contributed by atoms with Crippen molar-refractivity contribution in [3.63, 3.8) is 0 Å². The zero-order valence-electron chi connectivity index (χ0n) is 11.7. The molecule has 1 unspecified atom stereocenters. The summed E-state index contributed by atoms with van der Waals surface area (Å²) in [4.78, 5) is 13.7. The molecule has 6 heteroatoms. The van der Waals surface area contributed by atoms with Crippen LogP contribution < -0.4 is 0 Å². The van der Waals surface area contributed by atoms with Crippen LogP contribution in [0.15, 0.2) is 18.2 Å². The highest BCUT2D eigenvalue weighted by Gasteiger charge is 2.36. The van der Waals surface area contributed by atoms with E-state index in [0.29, 0.717) is 25.1 Å². The number of rotatable bonds is 1.